The lowest BCUT2D eigenvalue weighted by Gasteiger charge is -2.14. The molecular weight excluding hydrogens is 332 g/mol. The lowest BCUT2D eigenvalue weighted by Crippen LogP contribution is -2.36. The number of carbonyl (C=O) groups is 1. The van der Waals surface area contributed by atoms with Crippen LogP contribution in [0.5, 0.6) is 0 Å². The van der Waals surface area contributed by atoms with Crippen molar-refractivity contribution in [2.45, 2.75) is 12.8 Å². The summed E-state index contributed by atoms with van der Waals surface area (Å²) in [5.41, 5.74) is 8.95. The Bertz CT molecular complexity index is 914. The fraction of sp³-hybridized carbons (Fsp3) is 0.389. The Balaban J connectivity index is 1.80. The van der Waals surface area contributed by atoms with Crippen molar-refractivity contribution in [2.24, 2.45) is 12.8 Å². The van der Waals surface area contributed by atoms with Gasteiger partial charge in [0.1, 0.15) is 0 Å². The van der Waals surface area contributed by atoms with Crippen LogP contribution in [-0.2, 0) is 19.9 Å². The van der Waals surface area contributed by atoms with Crippen molar-refractivity contribution in [1.29, 1.82) is 0 Å². The van der Waals surface area contributed by atoms with Gasteiger partial charge in [0.15, 0.2) is 5.82 Å². The van der Waals surface area contributed by atoms with E-state index in [4.69, 9.17) is 10.3 Å². The third kappa shape index (κ3) is 3.55. The number of hydrogen-bond acceptors (Lipinski definition) is 5. The predicted octanol–water partition coefficient (Wildman–Crippen LogP) is 1.54. The van der Waals surface area contributed by atoms with E-state index in [0.717, 1.165) is 22.9 Å². The van der Waals surface area contributed by atoms with Gasteiger partial charge in [-0.25, -0.2) is 4.79 Å². The van der Waals surface area contributed by atoms with E-state index in [1.807, 2.05) is 19.2 Å². The molecule has 0 bridgehead atoms. The smallest absolute Gasteiger partial charge is 0.316 e. The Hall–Kier alpha value is -2.87. The summed E-state index contributed by atoms with van der Waals surface area (Å²) >= 11 is 0. The third-order valence-electron chi connectivity index (χ3n) is 4.43. The van der Waals surface area contributed by atoms with Crippen molar-refractivity contribution in [1.82, 2.24) is 24.9 Å². The molecule has 0 saturated heterocycles. The van der Waals surface area contributed by atoms with Crippen molar-refractivity contribution >= 4 is 16.9 Å². The Morgan fingerprint density at radius 3 is 2.92 bits per heavy atom. The zero-order valence-electron chi connectivity index (χ0n) is 15.3. The van der Waals surface area contributed by atoms with E-state index in [-0.39, 0.29) is 6.03 Å². The zero-order chi connectivity index (χ0) is 18.7. The van der Waals surface area contributed by atoms with Gasteiger partial charge in [-0.3, -0.25) is 0 Å². The molecule has 0 aliphatic carbocycles. The van der Waals surface area contributed by atoms with Crippen molar-refractivity contribution < 1.29 is 9.32 Å². The number of fused-ring (bicyclic) bond motifs is 1. The van der Waals surface area contributed by atoms with E-state index in [9.17, 15) is 4.79 Å². The minimum atomic E-state index is -0.143. The van der Waals surface area contributed by atoms with Crippen molar-refractivity contribution in [3.8, 4) is 11.5 Å². The van der Waals surface area contributed by atoms with Crippen LogP contribution in [0.2, 0.25) is 0 Å². The molecule has 3 N–H and O–H groups in total. The van der Waals surface area contributed by atoms with Crippen LogP contribution in [0.3, 0.4) is 0 Å². The van der Waals surface area contributed by atoms with Crippen LogP contribution in [0.15, 0.2) is 28.9 Å². The van der Waals surface area contributed by atoms with E-state index in [1.54, 1.807) is 19.0 Å². The summed E-state index contributed by atoms with van der Waals surface area (Å²) < 4.78 is 7.51. The van der Waals surface area contributed by atoms with Crippen LogP contribution in [0.4, 0.5) is 4.79 Å². The molecule has 2 aromatic heterocycles. The van der Waals surface area contributed by atoms with Crippen LogP contribution in [-0.4, -0.2) is 52.8 Å². The second kappa shape index (κ2) is 7.57. The number of aromatic nitrogens is 3. The second-order valence-electron chi connectivity index (χ2n) is 6.28. The number of likely N-dealkylation sites (N-methyl/N-ethyl adjacent to an activating group) is 1. The SMILES string of the molecule is CNC(=O)N(C)CCc1noc(-c2ccc3c(c2)c(CCN)cn3C)n1. The average Bonchev–Trinajstić information content (AvgIpc) is 3.24. The molecule has 1 aromatic carbocycles. The average molecular weight is 356 g/mol. The summed E-state index contributed by atoms with van der Waals surface area (Å²) in [4.78, 5) is 17.5. The number of aryl methyl sites for hydroxylation is 1. The molecule has 0 atom stereocenters. The molecule has 0 spiro atoms. The van der Waals surface area contributed by atoms with Gasteiger partial charge in [0.25, 0.3) is 5.89 Å². The molecule has 3 rings (SSSR count). The van der Waals surface area contributed by atoms with Gasteiger partial charge in [-0.2, -0.15) is 4.98 Å². The summed E-state index contributed by atoms with van der Waals surface area (Å²) in [5.74, 6) is 1.05. The van der Waals surface area contributed by atoms with Crippen molar-refractivity contribution in [3.05, 3.63) is 35.8 Å². The highest BCUT2D eigenvalue weighted by Gasteiger charge is 2.14. The van der Waals surface area contributed by atoms with Gasteiger partial charge < -0.3 is 25.0 Å². The topological polar surface area (TPSA) is 102 Å². The Labute approximate surface area is 152 Å². The maximum Gasteiger partial charge on any atom is 0.316 e. The summed E-state index contributed by atoms with van der Waals surface area (Å²) in [5, 5.41) is 7.75. The molecule has 0 aliphatic rings. The van der Waals surface area contributed by atoms with Gasteiger partial charge in [0, 0.05) is 56.8 Å². The highest BCUT2D eigenvalue weighted by molar-refractivity contribution is 5.87. The number of nitrogens with two attached hydrogens (primary N) is 1. The number of rotatable bonds is 6. The molecule has 2 amide bonds. The number of benzene rings is 1. The highest BCUT2D eigenvalue weighted by atomic mass is 16.5. The number of amides is 2. The van der Waals surface area contributed by atoms with Gasteiger partial charge in [0.2, 0.25) is 0 Å². The van der Waals surface area contributed by atoms with Crippen LogP contribution in [0, 0.1) is 0 Å². The minimum Gasteiger partial charge on any atom is -0.350 e. The first-order valence-corrected chi connectivity index (χ1v) is 8.57. The lowest BCUT2D eigenvalue weighted by molar-refractivity contribution is 0.211. The lowest BCUT2D eigenvalue weighted by atomic mass is 10.1. The Morgan fingerprint density at radius 2 is 2.19 bits per heavy atom. The van der Waals surface area contributed by atoms with E-state index < -0.39 is 0 Å². The van der Waals surface area contributed by atoms with Gasteiger partial charge in [-0.1, -0.05) is 5.16 Å². The first kappa shape index (κ1) is 17.9. The summed E-state index contributed by atoms with van der Waals surface area (Å²) in [6, 6.07) is 5.95. The predicted molar refractivity (Wildman–Crippen MR) is 99.8 cm³/mol. The molecule has 0 fully saturated rings. The maximum absolute atomic E-state index is 11.5. The van der Waals surface area contributed by atoms with Gasteiger partial charge >= 0.3 is 6.03 Å². The molecular formula is C18H24N6O2. The quantitative estimate of drug-likeness (QED) is 0.697. The first-order chi connectivity index (χ1) is 12.5. The van der Waals surface area contributed by atoms with Gasteiger partial charge in [0.05, 0.1) is 0 Å². The van der Waals surface area contributed by atoms with Gasteiger partial charge in [-0.15, -0.1) is 0 Å². The Morgan fingerprint density at radius 1 is 1.38 bits per heavy atom. The highest BCUT2D eigenvalue weighted by Crippen LogP contribution is 2.27. The molecule has 0 aliphatic heterocycles. The fourth-order valence-corrected chi connectivity index (χ4v) is 2.99. The molecule has 3 aromatic rings. The molecule has 2 heterocycles. The standard InChI is InChI=1S/C18H24N6O2/c1-20-18(25)23(2)9-7-16-21-17(26-22-16)12-4-5-15-14(10-12)13(6-8-19)11-24(15)3/h4-5,10-11H,6-9,19H2,1-3H3,(H,20,25). The van der Waals surface area contributed by atoms with Crippen LogP contribution in [0.1, 0.15) is 11.4 Å². The number of carbonyl (C=O) groups excluding carboxylic acids is 1. The van der Waals surface area contributed by atoms with E-state index in [2.05, 4.69) is 32.3 Å². The number of hydrogen-bond donors (Lipinski definition) is 2. The van der Waals surface area contributed by atoms with Crippen molar-refractivity contribution in [3.63, 3.8) is 0 Å². The van der Waals surface area contributed by atoms with E-state index >= 15 is 0 Å². The molecule has 0 saturated carbocycles. The summed E-state index contributed by atoms with van der Waals surface area (Å²) in [6.07, 6.45) is 3.45. The van der Waals surface area contributed by atoms with E-state index in [0.29, 0.717) is 31.2 Å². The molecule has 8 nitrogen and oxygen atoms in total. The van der Waals surface area contributed by atoms with Gasteiger partial charge in [-0.05, 0) is 36.7 Å². The van der Waals surface area contributed by atoms with E-state index in [1.165, 1.54) is 5.56 Å². The maximum atomic E-state index is 11.5. The Kier molecular flexibility index (Phi) is 5.22. The monoisotopic (exact) mass is 356 g/mol. The summed E-state index contributed by atoms with van der Waals surface area (Å²) in [6.45, 7) is 1.11. The molecule has 26 heavy (non-hydrogen) atoms. The molecule has 138 valence electrons. The minimum absolute atomic E-state index is 0.143. The van der Waals surface area contributed by atoms with Crippen LogP contribution in [0.25, 0.3) is 22.4 Å². The second-order valence-corrected chi connectivity index (χ2v) is 6.28. The third-order valence-corrected chi connectivity index (χ3v) is 4.43. The molecule has 8 heteroatoms. The first-order valence-electron chi connectivity index (χ1n) is 8.57. The number of nitrogens with one attached hydrogen (secondary N) is 1. The molecule has 0 unspecified atom stereocenters. The summed E-state index contributed by atoms with van der Waals surface area (Å²) in [7, 11) is 5.35. The van der Waals surface area contributed by atoms with Crippen molar-refractivity contribution in [2.75, 3.05) is 27.2 Å². The molecule has 0 radical (unpaired) electrons. The number of nitrogens with zero attached hydrogens (tertiary/aromatic N) is 4. The zero-order valence-corrected chi connectivity index (χ0v) is 15.3. The number of urea groups is 1. The normalized spacial score (nSPS) is 11.1. The fourth-order valence-electron chi connectivity index (χ4n) is 2.99. The van der Waals surface area contributed by atoms with Crippen LogP contribution >= 0.6 is 0 Å². The largest absolute Gasteiger partial charge is 0.350 e. The van der Waals surface area contributed by atoms with Crippen LogP contribution < -0.4 is 11.1 Å².